The minimum Gasteiger partial charge on any atom is -0.497 e. The minimum atomic E-state index is 0.254. The van der Waals surface area contributed by atoms with Gasteiger partial charge in [-0.15, -0.1) is 0 Å². The zero-order chi connectivity index (χ0) is 10.5. The van der Waals surface area contributed by atoms with E-state index in [2.05, 4.69) is 26.2 Å². The third kappa shape index (κ3) is 2.96. The number of nitrogens with zero attached hydrogens (tertiary/aromatic N) is 1. The molecule has 2 heterocycles. The van der Waals surface area contributed by atoms with Crippen LogP contribution in [-0.4, -0.2) is 17.6 Å². The van der Waals surface area contributed by atoms with Crippen LogP contribution in [0.1, 0.15) is 12.8 Å². The van der Waals surface area contributed by atoms with E-state index in [1.165, 1.54) is 0 Å². The largest absolute Gasteiger partial charge is 0.497 e. The van der Waals surface area contributed by atoms with Crippen molar-refractivity contribution in [1.82, 2.24) is 4.98 Å². The Bertz CT molecular complexity index is 354. The van der Waals surface area contributed by atoms with E-state index in [0.717, 1.165) is 29.7 Å². The Morgan fingerprint density at radius 2 is 2.53 bits per heavy atom. The van der Waals surface area contributed by atoms with Crippen molar-refractivity contribution in [2.24, 2.45) is 0 Å². The molecule has 0 saturated heterocycles. The number of hydrogen-bond acceptors (Lipinski definition) is 3. The average Bonchev–Trinajstić information content (AvgIpc) is 2.29. The first-order valence-electron chi connectivity index (χ1n) is 5.01. The summed E-state index contributed by atoms with van der Waals surface area (Å²) in [6, 6.07) is 3.87. The first-order chi connectivity index (χ1) is 7.36. The van der Waals surface area contributed by atoms with E-state index in [4.69, 9.17) is 4.74 Å². The fourth-order valence-electron chi connectivity index (χ4n) is 1.46. The van der Waals surface area contributed by atoms with Crippen molar-refractivity contribution >= 4 is 21.7 Å². The molecule has 0 aromatic carbocycles. The van der Waals surface area contributed by atoms with E-state index in [0.29, 0.717) is 0 Å². The molecule has 0 fully saturated rings. The summed E-state index contributed by atoms with van der Waals surface area (Å²) in [5, 5.41) is 3.27. The van der Waals surface area contributed by atoms with Crippen LogP contribution in [0.3, 0.4) is 0 Å². The molecule has 0 radical (unpaired) electrons. The lowest BCUT2D eigenvalue weighted by molar-refractivity contribution is 0.135. The molecule has 0 amide bonds. The van der Waals surface area contributed by atoms with Gasteiger partial charge in [0.1, 0.15) is 11.9 Å². The second-order valence-electron chi connectivity index (χ2n) is 3.42. The monoisotopic (exact) mass is 268 g/mol. The van der Waals surface area contributed by atoms with Crippen LogP contribution in [0.25, 0.3) is 0 Å². The zero-order valence-electron chi connectivity index (χ0n) is 8.32. The van der Waals surface area contributed by atoms with Gasteiger partial charge in [-0.25, -0.2) is 4.98 Å². The van der Waals surface area contributed by atoms with E-state index in [9.17, 15) is 0 Å². The molecule has 2 rings (SSSR count). The van der Waals surface area contributed by atoms with E-state index in [-0.39, 0.29) is 6.10 Å². The van der Waals surface area contributed by atoms with Gasteiger partial charge in [-0.1, -0.05) is 0 Å². The summed E-state index contributed by atoms with van der Waals surface area (Å²) >= 11 is 3.44. The summed E-state index contributed by atoms with van der Waals surface area (Å²) in [6.07, 6.45) is 8.01. The first-order valence-corrected chi connectivity index (χ1v) is 5.80. The molecule has 80 valence electrons. The fourth-order valence-corrected chi connectivity index (χ4v) is 1.86. The number of anilines is 1. The van der Waals surface area contributed by atoms with E-state index in [1.54, 1.807) is 12.5 Å². The summed E-state index contributed by atoms with van der Waals surface area (Å²) in [6.45, 7) is 0.792. The predicted octanol–water partition coefficient (Wildman–Crippen LogP) is 2.95. The van der Waals surface area contributed by atoms with Crippen molar-refractivity contribution in [3.8, 4) is 0 Å². The maximum atomic E-state index is 5.45. The smallest absolute Gasteiger partial charge is 0.140 e. The number of pyridine rings is 1. The molecule has 1 N–H and O–H groups in total. The Hall–Kier alpha value is -1.03. The molecular weight excluding hydrogens is 256 g/mol. The van der Waals surface area contributed by atoms with Crippen LogP contribution in [0.5, 0.6) is 0 Å². The number of hydrogen-bond donors (Lipinski definition) is 1. The fraction of sp³-hybridized carbons (Fsp3) is 0.364. The lowest BCUT2D eigenvalue weighted by atomic mass is 10.1. The van der Waals surface area contributed by atoms with E-state index in [1.807, 2.05) is 18.2 Å². The Morgan fingerprint density at radius 1 is 1.60 bits per heavy atom. The van der Waals surface area contributed by atoms with Gasteiger partial charge in [-0.2, -0.15) is 0 Å². The topological polar surface area (TPSA) is 34.2 Å². The SMILES string of the molecule is Brc1cccnc1NCC1CCC=CO1. The molecule has 4 heteroatoms. The zero-order valence-corrected chi connectivity index (χ0v) is 9.90. The molecule has 3 nitrogen and oxygen atoms in total. The second-order valence-corrected chi connectivity index (χ2v) is 4.28. The Balaban J connectivity index is 1.87. The molecule has 0 bridgehead atoms. The average molecular weight is 269 g/mol. The number of aromatic nitrogens is 1. The number of rotatable bonds is 3. The predicted molar refractivity (Wildman–Crippen MR) is 63.7 cm³/mol. The summed E-state index contributed by atoms with van der Waals surface area (Å²) in [4.78, 5) is 4.23. The summed E-state index contributed by atoms with van der Waals surface area (Å²) in [5.41, 5.74) is 0. The van der Waals surface area contributed by atoms with Crippen LogP contribution in [0, 0.1) is 0 Å². The van der Waals surface area contributed by atoms with Gasteiger partial charge in [0, 0.05) is 6.20 Å². The molecule has 0 spiro atoms. The maximum Gasteiger partial charge on any atom is 0.140 e. The number of allylic oxidation sites excluding steroid dienone is 1. The van der Waals surface area contributed by atoms with Crippen LogP contribution < -0.4 is 5.32 Å². The van der Waals surface area contributed by atoms with Crippen molar-refractivity contribution in [3.05, 3.63) is 35.1 Å². The summed E-state index contributed by atoms with van der Waals surface area (Å²) < 4.78 is 6.44. The molecule has 1 aromatic heterocycles. The van der Waals surface area contributed by atoms with Gasteiger partial charge in [0.05, 0.1) is 17.3 Å². The van der Waals surface area contributed by atoms with Crippen molar-refractivity contribution < 1.29 is 4.74 Å². The van der Waals surface area contributed by atoms with Gasteiger partial charge in [0.2, 0.25) is 0 Å². The summed E-state index contributed by atoms with van der Waals surface area (Å²) in [5.74, 6) is 0.871. The lowest BCUT2D eigenvalue weighted by Crippen LogP contribution is -2.23. The highest BCUT2D eigenvalue weighted by Crippen LogP contribution is 2.19. The maximum absolute atomic E-state index is 5.45. The highest BCUT2D eigenvalue weighted by Gasteiger charge is 2.11. The highest BCUT2D eigenvalue weighted by atomic mass is 79.9. The first kappa shape index (κ1) is 10.5. The highest BCUT2D eigenvalue weighted by molar-refractivity contribution is 9.10. The van der Waals surface area contributed by atoms with Crippen LogP contribution in [0.4, 0.5) is 5.82 Å². The molecule has 0 aliphatic carbocycles. The van der Waals surface area contributed by atoms with Gasteiger partial charge >= 0.3 is 0 Å². The Kier molecular flexibility index (Phi) is 3.61. The number of ether oxygens (including phenoxy) is 1. The molecular formula is C11H13BrN2O. The quantitative estimate of drug-likeness (QED) is 0.916. The van der Waals surface area contributed by atoms with E-state index >= 15 is 0 Å². The van der Waals surface area contributed by atoms with Crippen molar-refractivity contribution in [3.63, 3.8) is 0 Å². The van der Waals surface area contributed by atoms with Crippen LogP contribution >= 0.6 is 15.9 Å². The van der Waals surface area contributed by atoms with Gasteiger partial charge in [-0.3, -0.25) is 0 Å². The number of halogens is 1. The molecule has 15 heavy (non-hydrogen) atoms. The Morgan fingerprint density at radius 3 is 3.27 bits per heavy atom. The van der Waals surface area contributed by atoms with Crippen LogP contribution in [0.15, 0.2) is 35.1 Å². The molecule has 1 atom stereocenters. The van der Waals surface area contributed by atoms with Crippen molar-refractivity contribution in [2.75, 3.05) is 11.9 Å². The summed E-state index contributed by atoms with van der Waals surface area (Å²) in [7, 11) is 0. The standard InChI is InChI=1S/C11H13BrN2O/c12-10-5-3-6-13-11(10)14-8-9-4-1-2-7-15-9/h2-3,5-7,9H,1,4,8H2,(H,13,14). The molecule has 0 saturated carbocycles. The van der Waals surface area contributed by atoms with Crippen molar-refractivity contribution in [2.45, 2.75) is 18.9 Å². The van der Waals surface area contributed by atoms with Crippen LogP contribution in [-0.2, 0) is 4.74 Å². The number of nitrogens with one attached hydrogen (secondary N) is 1. The molecule has 1 unspecified atom stereocenters. The van der Waals surface area contributed by atoms with Gasteiger partial charge in [-0.05, 0) is 47.0 Å². The third-order valence-electron chi connectivity index (χ3n) is 2.28. The Labute approximate surface area is 97.7 Å². The molecule has 1 aromatic rings. The normalized spacial score (nSPS) is 19.7. The van der Waals surface area contributed by atoms with Crippen LogP contribution in [0.2, 0.25) is 0 Å². The molecule has 1 aliphatic rings. The third-order valence-corrected chi connectivity index (χ3v) is 2.92. The second kappa shape index (κ2) is 5.16. The van der Waals surface area contributed by atoms with Gasteiger partial charge < -0.3 is 10.1 Å². The van der Waals surface area contributed by atoms with Crippen molar-refractivity contribution in [1.29, 1.82) is 0 Å². The minimum absolute atomic E-state index is 0.254. The van der Waals surface area contributed by atoms with E-state index < -0.39 is 0 Å². The molecule has 1 aliphatic heterocycles. The lowest BCUT2D eigenvalue weighted by Gasteiger charge is -2.20. The van der Waals surface area contributed by atoms with Gasteiger partial charge in [0.15, 0.2) is 0 Å². The van der Waals surface area contributed by atoms with Gasteiger partial charge in [0.25, 0.3) is 0 Å².